The summed E-state index contributed by atoms with van der Waals surface area (Å²) in [5, 5.41) is 0. The van der Waals surface area contributed by atoms with Crippen molar-refractivity contribution in [3.8, 4) is 5.75 Å². The van der Waals surface area contributed by atoms with E-state index in [0.29, 0.717) is 42.2 Å². The van der Waals surface area contributed by atoms with Gasteiger partial charge in [0.25, 0.3) is 11.8 Å². The summed E-state index contributed by atoms with van der Waals surface area (Å²) in [5.41, 5.74) is 3.27. The summed E-state index contributed by atoms with van der Waals surface area (Å²) < 4.78 is 5.55. The fourth-order valence-corrected chi connectivity index (χ4v) is 3.95. The van der Waals surface area contributed by atoms with Gasteiger partial charge in [-0.3, -0.25) is 19.5 Å². The molecule has 1 aromatic heterocycles. The van der Waals surface area contributed by atoms with Crippen LogP contribution in [0.4, 0.5) is 0 Å². The molecule has 1 aliphatic rings. The average Bonchev–Trinajstić information content (AvgIpc) is 3.09. The lowest BCUT2D eigenvalue weighted by Crippen LogP contribution is -2.35. The number of amides is 2. The molecule has 0 bridgehead atoms. The molecule has 1 aliphatic heterocycles. The van der Waals surface area contributed by atoms with Gasteiger partial charge < -0.3 is 9.64 Å². The van der Waals surface area contributed by atoms with E-state index >= 15 is 0 Å². The third-order valence-corrected chi connectivity index (χ3v) is 5.56. The molecule has 0 unspecified atom stereocenters. The molecule has 0 aliphatic carbocycles. The SMILES string of the molecule is CCOc1ccc(C2=C(N(CC)Cc3ccccc3)C(=O)N(Cc3ccccn3)C2=O)cc1. The largest absolute Gasteiger partial charge is 0.494 e. The van der Waals surface area contributed by atoms with Crippen molar-refractivity contribution in [3.05, 3.63) is 102 Å². The summed E-state index contributed by atoms with van der Waals surface area (Å²) in [6.45, 7) is 5.72. The van der Waals surface area contributed by atoms with Crippen LogP contribution in [-0.2, 0) is 22.7 Å². The zero-order valence-electron chi connectivity index (χ0n) is 18.9. The van der Waals surface area contributed by atoms with E-state index < -0.39 is 0 Å². The summed E-state index contributed by atoms with van der Waals surface area (Å²) in [6.07, 6.45) is 1.66. The van der Waals surface area contributed by atoms with Gasteiger partial charge in [0.15, 0.2) is 0 Å². The Morgan fingerprint density at radius 1 is 0.879 bits per heavy atom. The highest BCUT2D eigenvalue weighted by Gasteiger charge is 2.41. The summed E-state index contributed by atoms with van der Waals surface area (Å²) in [4.78, 5) is 34.8. The lowest BCUT2D eigenvalue weighted by Gasteiger charge is -2.25. The molecule has 168 valence electrons. The lowest BCUT2D eigenvalue weighted by atomic mass is 10.0. The molecule has 0 saturated heterocycles. The number of hydrogen-bond acceptors (Lipinski definition) is 5. The molecule has 0 N–H and O–H groups in total. The van der Waals surface area contributed by atoms with Gasteiger partial charge >= 0.3 is 0 Å². The molecular weight excluding hydrogens is 414 g/mol. The Labute approximate surface area is 194 Å². The number of nitrogens with zero attached hydrogens (tertiary/aromatic N) is 3. The van der Waals surface area contributed by atoms with Gasteiger partial charge in [-0.05, 0) is 49.2 Å². The van der Waals surface area contributed by atoms with E-state index in [9.17, 15) is 9.59 Å². The van der Waals surface area contributed by atoms with E-state index in [0.717, 1.165) is 11.3 Å². The number of imide groups is 1. The summed E-state index contributed by atoms with van der Waals surface area (Å²) in [6, 6.07) is 22.8. The van der Waals surface area contributed by atoms with Crippen molar-refractivity contribution in [2.45, 2.75) is 26.9 Å². The van der Waals surface area contributed by atoms with Crippen LogP contribution in [0.25, 0.3) is 5.57 Å². The maximum Gasteiger partial charge on any atom is 0.278 e. The maximum atomic E-state index is 13.6. The predicted octanol–water partition coefficient (Wildman–Crippen LogP) is 4.28. The number of ether oxygens (including phenoxy) is 1. The Hall–Kier alpha value is -3.93. The van der Waals surface area contributed by atoms with Crippen LogP contribution >= 0.6 is 0 Å². The minimum atomic E-state index is -0.309. The Balaban J connectivity index is 1.74. The average molecular weight is 442 g/mol. The fourth-order valence-electron chi connectivity index (χ4n) is 3.95. The Kier molecular flexibility index (Phi) is 6.83. The van der Waals surface area contributed by atoms with Crippen LogP contribution in [0.2, 0.25) is 0 Å². The first-order valence-electron chi connectivity index (χ1n) is 11.1. The number of aromatic nitrogens is 1. The number of likely N-dealkylation sites (N-methyl/N-ethyl adjacent to an activating group) is 1. The zero-order chi connectivity index (χ0) is 23.2. The highest BCUT2D eigenvalue weighted by atomic mass is 16.5. The van der Waals surface area contributed by atoms with Gasteiger partial charge in [0.2, 0.25) is 0 Å². The zero-order valence-corrected chi connectivity index (χ0v) is 18.9. The normalized spacial score (nSPS) is 13.6. The van der Waals surface area contributed by atoms with Gasteiger partial charge in [0, 0.05) is 19.3 Å². The lowest BCUT2D eigenvalue weighted by molar-refractivity contribution is -0.138. The number of hydrogen-bond donors (Lipinski definition) is 0. The van der Waals surface area contributed by atoms with Gasteiger partial charge in [-0.2, -0.15) is 0 Å². The molecule has 2 aromatic carbocycles. The van der Waals surface area contributed by atoms with Gasteiger partial charge in [0.1, 0.15) is 11.4 Å². The topological polar surface area (TPSA) is 62.7 Å². The van der Waals surface area contributed by atoms with E-state index in [1.54, 1.807) is 6.20 Å². The van der Waals surface area contributed by atoms with E-state index in [1.165, 1.54) is 4.90 Å². The van der Waals surface area contributed by atoms with E-state index in [1.807, 2.05) is 91.5 Å². The maximum absolute atomic E-state index is 13.6. The standard InChI is InChI=1S/C27H27N3O3/c1-3-29(18-20-10-6-5-7-11-20)25-24(21-13-15-23(16-14-21)33-4-2)26(31)30(27(25)32)19-22-12-8-9-17-28-22/h5-17H,3-4,18-19H2,1-2H3. The van der Waals surface area contributed by atoms with E-state index in [4.69, 9.17) is 4.74 Å². The van der Waals surface area contributed by atoms with Crippen LogP contribution in [0.5, 0.6) is 5.75 Å². The molecule has 0 spiro atoms. The number of pyridine rings is 1. The molecule has 4 rings (SSSR count). The number of carbonyl (C=O) groups is 2. The van der Waals surface area contributed by atoms with Crippen molar-refractivity contribution in [2.24, 2.45) is 0 Å². The smallest absolute Gasteiger partial charge is 0.278 e. The van der Waals surface area contributed by atoms with Crippen molar-refractivity contribution in [3.63, 3.8) is 0 Å². The van der Waals surface area contributed by atoms with E-state index in [-0.39, 0.29) is 18.4 Å². The Morgan fingerprint density at radius 3 is 2.24 bits per heavy atom. The molecule has 0 fully saturated rings. The van der Waals surface area contributed by atoms with Crippen LogP contribution in [0, 0.1) is 0 Å². The van der Waals surface area contributed by atoms with Gasteiger partial charge in [-0.15, -0.1) is 0 Å². The summed E-state index contributed by atoms with van der Waals surface area (Å²) in [5.74, 6) is 0.116. The van der Waals surface area contributed by atoms with Crippen molar-refractivity contribution >= 4 is 17.4 Å². The number of rotatable bonds is 9. The third kappa shape index (κ3) is 4.80. The minimum Gasteiger partial charge on any atom is -0.494 e. The molecule has 3 aromatic rings. The first-order valence-corrected chi connectivity index (χ1v) is 11.1. The predicted molar refractivity (Wildman–Crippen MR) is 127 cm³/mol. The van der Waals surface area contributed by atoms with Crippen molar-refractivity contribution in [1.29, 1.82) is 0 Å². The van der Waals surface area contributed by atoms with Gasteiger partial charge in [-0.25, -0.2) is 0 Å². The second-order valence-electron chi connectivity index (χ2n) is 7.70. The fraction of sp³-hybridized carbons (Fsp3) is 0.222. The summed E-state index contributed by atoms with van der Waals surface area (Å²) in [7, 11) is 0. The molecule has 6 heteroatoms. The highest BCUT2D eigenvalue weighted by molar-refractivity contribution is 6.35. The molecule has 0 radical (unpaired) electrons. The first-order chi connectivity index (χ1) is 16.1. The second-order valence-corrected chi connectivity index (χ2v) is 7.70. The van der Waals surface area contributed by atoms with Crippen molar-refractivity contribution in [1.82, 2.24) is 14.8 Å². The van der Waals surface area contributed by atoms with Crippen molar-refractivity contribution in [2.75, 3.05) is 13.2 Å². The Bertz CT molecular complexity index is 1140. The van der Waals surface area contributed by atoms with Crippen LogP contribution in [0.1, 0.15) is 30.7 Å². The third-order valence-electron chi connectivity index (χ3n) is 5.56. The second kappa shape index (κ2) is 10.1. The minimum absolute atomic E-state index is 0.130. The van der Waals surface area contributed by atoms with Gasteiger partial charge in [-0.1, -0.05) is 48.5 Å². The molecular formula is C27H27N3O3. The van der Waals surface area contributed by atoms with Crippen LogP contribution in [0.3, 0.4) is 0 Å². The number of carbonyl (C=O) groups excluding carboxylic acids is 2. The molecule has 0 atom stereocenters. The van der Waals surface area contributed by atoms with Gasteiger partial charge in [0.05, 0.1) is 24.4 Å². The monoisotopic (exact) mass is 441 g/mol. The van der Waals surface area contributed by atoms with Crippen LogP contribution in [0.15, 0.2) is 84.7 Å². The van der Waals surface area contributed by atoms with Crippen LogP contribution < -0.4 is 4.74 Å². The van der Waals surface area contributed by atoms with Crippen molar-refractivity contribution < 1.29 is 14.3 Å². The molecule has 6 nitrogen and oxygen atoms in total. The molecule has 0 saturated carbocycles. The quantitative estimate of drug-likeness (QED) is 0.464. The Morgan fingerprint density at radius 2 is 1.61 bits per heavy atom. The molecule has 2 heterocycles. The first kappa shape index (κ1) is 22.3. The molecule has 2 amide bonds. The highest BCUT2D eigenvalue weighted by Crippen LogP contribution is 2.34. The van der Waals surface area contributed by atoms with Crippen LogP contribution in [-0.4, -0.2) is 39.7 Å². The summed E-state index contributed by atoms with van der Waals surface area (Å²) >= 11 is 0. The molecule has 33 heavy (non-hydrogen) atoms. The van der Waals surface area contributed by atoms with E-state index in [2.05, 4.69) is 4.98 Å². The number of benzene rings is 2.